The minimum absolute atomic E-state index is 0.0117. The van der Waals surface area contributed by atoms with Crippen molar-refractivity contribution in [1.29, 1.82) is 0 Å². The number of carbonyl (C=O) groups is 1. The Morgan fingerprint density at radius 1 is 0.900 bits per heavy atom. The van der Waals surface area contributed by atoms with Gasteiger partial charge in [-0.15, -0.1) is 0 Å². The zero-order valence-electron chi connectivity index (χ0n) is 16.1. The molecule has 0 aliphatic rings. The van der Waals surface area contributed by atoms with E-state index in [1.165, 1.54) is 12.4 Å². The smallest absolute Gasteiger partial charge is 0.355 e. The topological polar surface area (TPSA) is 125 Å². The van der Waals surface area contributed by atoms with E-state index in [-0.39, 0.29) is 11.5 Å². The van der Waals surface area contributed by atoms with Crippen LogP contribution in [0.25, 0.3) is 0 Å². The lowest BCUT2D eigenvalue weighted by molar-refractivity contribution is 0.242. The van der Waals surface area contributed by atoms with Crippen molar-refractivity contribution in [2.75, 3.05) is 13.2 Å². The molecule has 2 aromatic carbocycles. The van der Waals surface area contributed by atoms with Crippen LogP contribution in [-0.2, 0) is 0 Å². The third-order valence-corrected chi connectivity index (χ3v) is 4.67. The van der Waals surface area contributed by atoms with E-state index in [9.17, 15) is 15.0 Å². The molecule has 2 aromatic rings. The summed E-state index contributed by atoms with van der Waals surface area (Å²) in [7, 11) is 0. The Hall–Kier alpha value is -2.79. The Bertz CT molecular complexity index is 891. The maximum absolute atomic E-state index is 11.8. The number of ether oxygens (including phenoxy) is 2. The van der Waals surface area contributed by atoms with Crippen LogP contribution in [0.15, 0.2) is 43.4 Å². The predicted octanol–water partition coefficient (Wildman–Crippen LogP) is 4.09. The van der Waals surface area contributed by atoms with Crippen LogP contribution in [0, 0.1) is 0 Å². The molecule has 4 N–H and O–H groups in total. The molecule has 0 radical (unpaired) electrons. The predicted molar refractivity (Wildman–Crippen MR) is 121 cm³/mol. The van der Waals surface area contributed by atoms with Crippen molar-refractivity contribution < 1.29 is 24.5 Å². The number of hydrogen-bond donors (Lipinski definition) is 4. The van der Waals surface area contributed by atoms with Gasteiger partial charge in [0.25, 0.3) is 0 Å². The first-order valence-electron chi connectivity index (χ1n) is 8.78. The SMILES string of the molecule is CCOc1cc(/C=N/NC(=O)N/N=C/c2cc(Br)c(O)c(OCC)c2)cc(Br)c1O. The first-order chi connectivity index (χ1) is 14.3. The van der Waals surface area contributed by atoms with Crippen molar-refractivity contribution in [2.24, 2.45) is 10.2 Å². The van der Waals surface area contributed by atoms with E-state index in [0.29, 0.717) is 44.8 Å². The molecule has 0 spiro atoms. The van der Waals surface area contributed by atoms with Gasteiger partial charge in [-0.25, -0.2) is 15.6 Å². The molecule has 11 heteroatoms. The second kappa shape index (κ2) is 11.4. The molecular formula is C19H20Br2N4O5. The fraction of sp³-hybridized carbons (Fsp3) is 0.211. The summed E-state index contributed by atoms with van der Waals surface area (Å²) in [6.45, 7) is 4.38. The van der Waals surface area contributed by atoms with Crippen LogP contribution in [0.5, 0.6) is 23.0 Å². The summed E-state index contributed by atoms with van der Waals surface area (Å²) in [4.78, 5) is 11.8. The van der Waals surface area contributed by atoms with Crippen molar-refractivity contribution in [2.45, 2.75) is 13.8 Å². The van der Waals surface area contributed by atoms with Gasteiger partial charge in [-0.2, -0.15) is 10.2 Å². The Morgan fingerprint density at radius 2 is 1.30 bits per heavy atom. The molecule has 0 aliphatic heterocycles. The molecule has 0 saturated heterocycles. The van der Waals surface area contributed by atoms with Gasteiger partial charge in [-0.3, -0.25) is 0 Å². The van der Waals surface area contributed by atoms with E-state index in [1.54, 1.807) is 38.1 Å². The van der Waals surface area contributed by atoms with E-state index in [0.717, 1.165) is 0 Å². The number of nitrogens with zero attached hydrogens (tertiary/aromatic N) is 2. The Kier molecular flexibility index (Phi) is 8.93. The van der Waals surface area contributed by atoms with Crippen LogP contribution in [-0.4, -0.2) is 41.9 Å². The molecular weight excluding hydrogens is 524 g/mol. The minimum Gasteiger partial charge on any atom is -0.503 e. The van der Waals surface area contributed by atoms with Crippen molar-refractivity contribution >= 4 is 50.3 Å². The lowest BCUT2D eigenvalue weighted by Crippen LogP contribution is -2.28. The molecule has 0 heterocycles. The zero-order chi connectivity index (χ0) is 22.1. The molecule has 2 amide bonds. The number of hydrazone groups is 2. The number of amides is 2. The minimum atomic E-state index is -0.659. The van der Waals surface area contributed by atoms with E-state index in [1.807, 2.05) is 0 Å². The number of carbonyl (C=O) groups excluding carboxylic acids is 1. The summed E-state index contributed by atoms with van der Waals surface area (Å²) in [5.41, 5.74) is 5.74. The summed E-state index contributed by atoms with van der Waals surface area (Å²) in [5.74, 6) is 0.576. The van der Waals surface area contributed by atoms with E-state index < -0.39 is 6.03 Å². The number of halogens is 2. The van der Waals surface area contributed by atoms with Gasteiger partial charge in [0.2, 0.25) is 0 Å². The molecule has 30 heavy (non-hydrogen) atoms. The van der Waals surface area contributed by atoms with Crippen molar-refractivity contribution in [3.8, 4) is 23.0 Å². The number of urea groups is 1. The van der Waals surface area contributed by atoms with Crippen molar-refractivity contribution in [1.82, 2.24) is 10.9 Å². The van der Waals surface area contributed by atoms with E-state index in [4.69, 9.17) is 9.47 Å². The Labute approximate surface area is 190 Å². The number of hydrogen-bond acceptors (Lipinski definition) is 7. The highest BCUT2D eigenvalue weighted by molar-refractivity contribution is 9.10. The molecule has 9 nitrogen and oxygen atoms in total. The third kappa shape index (κ3) is 6.63. The molecule has 0 unspecified atom stereocenters. The average molecular weight is 544 g/mol. The molecule has 0 saturated carbocycles. The maximum atomic E-state index is 11.8. The number of phenolic OH excluding ortho intramolecular Hbond substituents is 2. The van der Waals surface area contributed by atoms with Gasteiger partial charge < -0.3 is 19.7 Å². The van der Waals surface area contributed by atoms with E-state index >= 15 is 0 Å². The quantitative estimate of drug-likeness (QED) is 0.295. The molecule has 0 fully saturated rings. The van der Waals surface area contributed by atoms with Gasteiger partial charge in [0, 0.05) is 0 Å². The summed E-state index contributed by atoms with van der Waals surface area (Å²) in [5, 5.41) is 27.4. The van der Waals surface area contributed by atoms with E-state index in [2.05, 4.69) is 52.9 Å². The highest BCUT2D eigenvalue weighted by Gasteiger charge is 2.09. The number of phenols is 2. The maximum Gasteiger partial charge on any atom is 0.355 e. The van der Waals surface area contributed by atoms with Crippen molar-refractivity contribution in [3.63, 3.8) is 0 Å². The first-order valence-corrected chi connectivity index (χ1v) is 10.4. The second-order valence-corrected chi connectivity index (χ2v) is 7.34. The number of aromatic hydroxyl groups is 2. The van der Waals surface area contributed by atoms with Crippen LogP contribution in [0.4, 0.5) is 4.79 Å². The van der Waals surface area contributed by atoms with Gasteiger partial charge in [-0.05, 0) is 81.1 Å². The summed E-state index contributed by atoms with van der Waals surface area (Å²) in [6, 6.07) is 5.76. The largest absolute Gasteiger partial charge is 0.503 e. The normalized spacial score (nSPS) is 11.1. The molecule has 2 rings (SSSR count). The highest BCUT2D eigenvalue weighted by Crippen LogP contribution is 2.35. The molecule has 0 aliphatic carbocycles. The van der Waals surface area contributed by atoms with Gasteiger partial charge in [0.1, 0.15) is 0 Å². The first kappa shape index (κ1) is 23.5. The molecule has 0 aromatic heterocycles. The lowest BCUT2D eigenvalue weighted by atomic mass is 10.2. The van der Waals surface area contributed by atoms with Gasteiger partial charge in [-0.1, -0.05) is 0 Å². The summed E-state index contributed by atoms with van der Waals surface area (Å²) < 4.78 is 11.5. The number of nitrogens with one attached hydrogen (secondary N) is 2. The van der Waals surface area contributed by atoms with Crippen LogP contribution in [0.3, 0.4) is 0 Å². The fourth-order valence-corrected chi connectivity index (χ4v) is 3.14. The number of benzene rings is 2. The van der Waals surface area contributed by atoms with Gasteiger partial charge in [0.05, 0.1) is 34.6 Å². The molecule has 0 atom stereocenters. The van der Waals surface area contributed by atoms with Crippen LogP contribution >= 0.6 is 31.9 Å². The van der Waals surface area contributed by atoms with Crippen molar-refractivity contribution in [3.05, 3.63) is 44.3 Å². The highest BCUT2D eigenvalue weighted by atomic mass is 79.9. The molecule has 160 valence electrons. The molecule has 0 bridgehead atoms. The van der Waals surface area contributed by atoms with Crippen LogP contribution in [0.2, 0.25) is 0 Å². The zero-order valence-corrected chi connectivity index (χ0v) is 19.3. The monoisotopic (exact) mass is 542 g/mol. The average Bonchev–Trinajstić information content (AvgIpc) is 2.69. The lowest BCUT2D eigenvalue weighted by Gasteiger charge is -2.08. The Morgan fingerprint density at radius 3 is 1.67 bits per heavy atom. The second-order valence-electron chi connectivity index (χ2n) is 5.63. The standard InChI is InChI=1S/C19H20Br2N4O5/c1-3-29-15-7-11(5-13(20)17(15)26)9-22-24-19(28)25-23-10-12-6-14(21)18(27)16(8-12)30-4-2/h5-10,26-27H,3-4H2,1-2H3,(H2,24,25,28)/b22-9+,23-10+. The van der Waals surface area contributed by atoms with Crippen LogP contribution < -0.4 is 20.3 Å². The summed E-state index contributed by atoms with van der Waals surface area (Å²) >= 11 is 6.46. The summed E-state index contributed by atoms with van der Waals surface area (Å²) in [6.07, 6.45) is 2.78. The van der Waals surface area contributed by atoms with Gasteiger partial charge in [0.15, 0.2) is 23.0 Å². The van der Waals surface area contributed by atoms with Crippen LogP contribution in [0.1, 0.15) is 25.0 Å². The number of rotatable bonds is 8. The van der Waals surface area contributed by atoms with Gasteiger partial charge >= 0.3 is 6.03 Å². The third-order valence-electron chi connectivity index (χ3n) is 3.46. The Balaban J connectivity index is 1.95. The fourth-order valence-electron chi connectivity index (χ4n) is 2.22.